The van der Waals surface area contributed by atoms with Gasteiger partial charge in [-0.3, -0.25) is 46.9 Å². The number of aliphatic hydroxyl groups is 3. The van der Waals surface area contributed by atoms with Crippen molar-refractivity contribution in [1.82, 2.24) is 53.6 Å². The first-order chi connectivity index (χ1) is 36.2. The molecule has 6 aromatic heterocycles. The van der Waals surface area contributed by atoms with Crippen LogP contribution in [0.4, 0.5) is 17.7 Å². The van der Waals surface area contributed by atoms with Gasteiger partial charge in [-0.2, -0.15) is 4.98 Å². The van der Waals surface area contributed by atoms with Crippen LogP contribution in [0.1, 0.15) is 25.1 Å². The number of methoxy groups -OCH3 is 2. The van der Waals surface area contributed by atoms with Crippen molar-refractivity contribution in [2.45, 2.75) is 73.5 Å². The monoisotopic (exact) mass is 1190 g/mol. The highest BCUT2D eigenvalue weighted by molar-refractivity contribution is 8.09. The third-order valence-corrected chi connectivity index (χ3v) is 19.9. The molecule has 0 aliphatic carbocycles. The first-order valence-electron chi connectivity index (χ1n) is 22.3. The third kappa shape index (κ3) is 11.4. The Labute approximate surface area is 434 Å². The number of aliphatic hydroxyl groups excluding tert-OH is 3. The second-order valence-corrected chi connectivity index (χ2v) is 25.4. The second kappa shape index (κ2) is 21.8. The van der Waals surface area contributed by atoms with Gasteiger partial charge in [-0.25, -0.2) is 42.3 Å². The Bertz CT molecular complexity index is 3510. The fraction of sp³-hybridized carbons (Fsp3) is 0.571. The van der Waals surface area contributed by atoms with Gasteiger partial charge in [-0.1, -0.05) is 4.98 Å². The molecule has 0 amide bonds. The lowest BCUT2D eigenvalue weighted by Gasteiger charge is -2.28. The van der Waals surface area contributed by atoms with Crippen molar-refractivity contribution in [3.05, 3.63) is 46.0 Å². The molecule has 0 radical (unpaired) electrons. The lowest BCUT2D eigenvalue weighted by atomic mass is 9.95. The number of nitrogens with zero attached hydrogens (tertiary/aromatic N) is 10. The lowest BCUT2D eigenvalue weighted by Crippen LogP contribution is -2.45. The summed E-state index contributed by atoms with van der Waals surface area (Å²) < 4.78 is 100. The summed E-state index contributed by atoms with van der Waals surface area (Å²) in [5.41, 5.74) is 14.1. The van der Waals surface area contributed by atoms with Gasteiger partial charge >= 0.3 is 35.6 Å². The smallest absolute Gasteiger partial charge is 0.387 e. The van der Waals surface area contributed by atoms with Crippen LogP contribution in [0.2, 0.25) is 0 Å². The molecule has 0 aromatic carbocycles. The number of imidazole rings is 3. The maximum atomic E-state index is 14.5. The normalized spacial score (nSPS) is 30.0. The molecule has 77 heavy (non-hydrogen) atoms. The summed E-state index contributed by atoms with van der Waals surface area (Å²) >= 11 is 4.80. The number of aryl methyl sites for hydroxylation is 1. The van der Waals surface area contributed by atoms with Crippen molar-refractivity contribution in [3.8, 4) is 0 Å². The molecule has 3 aliphatic heterocycles. The Morgan fingerprint density at radius 2 is 1.36 bits per heavy atom. The fourth-order valence-electron chi connectivity index (χ4n) is 9.19. The zero-order chi connectivity index (χ0) is 55.7. The van der Waals surface area contributed by atoms with Crippen LogP contribution in [0, 0.1) is 5.92 Å². The van der Waals surface area contributed by atoms with Gasteiger partial charge in [-0.15, -0.1) is 0 Å². The molecular formula is C35H50N15O22P4S+. The van der Waals surface area contributed by atoms with Crippen molar-refractivity contribution in [3.63, 3.8) is 0 Å². The summed E-state index contributed by atoms with van der Waals surface area (Å²) in [6.07, 6.45) is -10.5. The SMILES string of the molecule is COCC[C@H]1[C@@H](O)[C@H]([n+]2cn(C)c3c(=O)[nH]c(N)nc32)O[C@@H]1COP(=O)(O)OP(O)(=S)OP(=O)(O)OC[C@H]1O[C@@H](n2cnc3c(N)ncnc32)[C@H](OC)[C@@H]1P(=O)(O)OC[C@H]1O[C@@H](n2cnc3c(=O)[nH]c(N)nc32)[C@H](O)[C@@H]1O. The van der Waals surface area contributed by atoms with Gasteiger partial charge in [0.2, 0.25) is 17.7 Å². The number of nitrogens with one attached hydrogen (secondary N) is 2. The van der Waals surface area contributed by atoms with Crippen LogP contribution in [0.3, 0.4) is 0 Å². The van der Waals surface area contributed by atoms with Crippen LogP contribution in [0.5, 0.6) is 0 Å². The van der Waals surface area contributed by atoms with Crippen LogP contribution < -0.4 is 32.9 Å². The summed E-state index contributed by atoms with van der Waals surface area (Å²) in [4.78, 5) is 98.2. The number of aromatic nitrogens is 12. The van der Waals surface area contributed by atoms with E-state index in [2.05, 4.69) is 48.5 Å². The maximum absolute atomic E-state index is 14.5. The van der Waals surface area contributed by atoms with Gasteiger partial charge in [0.15, 0.2) is 41.4 Å². The van der Waals surface area contributed by atoms with Crippen molar-refractivity contribution in [2.24, 2.45) is 13.0 Å². The molecule has 3 aliphatic rings. The van der Waals surface area contributed by atoms with E-state index in [0.29, 0.717) is 0 Å². The molecule has 3 fully saturated rings. The highest BCUT2D eigenvalue weighted by atomic mass is 32.5. The van der Waals surface area contributed by atoms with E-state index >= 15 is 0 Å². The Kier molecular flexibility index (Phi) is 16.1. The standard InChI is InChI=1S/C35H49N15O22P4S/c1-47-12-50(28-19(47)30(55)46-35(38)44-28)31-20(51)13(4-5-63-2)14(68-31)6-66-74(58,59)71-76(62,77)72-75(60,61)67-8-16-24(23(64-3)33(70-16)48-10-41-17-25(36)39-9-40-26(17)48)73(56,57)65-7-15-21(52)22(53)32(69-15)49-11-42-18-27(49)43-34(37)45-29(18)54/h9-16,20-24,31-33,51-53H,4-8H2,1-3H3,(H11-,36,37,38,39,40,43,44,45,46,54,55,56,57,58,59,60,61,62,77)/p+1/t13-,14-,15-,16-,20-,21-,22-,23-,24-,31-,32-,33-,76?/m1/s1. The van der Waals surface area contributed by atoms with Crippen molar-refractivity contribution in [2.75, 3.05) is 57.8 Å². The number of hydrogen-bond acceptors (Lipinski definition) is 28. The maximum Gasteiger partial charge on any atom is 0.479 e. The second-order valence-electron chi connectivity index (χ2n) is 17.4. The molecule has 15 N–H and O–H groups in total. The number of phosphoric ester groups is 2. The Morgan fingerprint density at radius 3 is 2.04 bits per heavy atom. The molecule has 3 saturated heterocycles. The molecule has 4 unspecified atom stereocenters. The summed E-state index contributed by atoms with van der Waals surface area (Å²) in [6.45, 7) is -8.27. The molecule has 9 heterocycles. The first kappa shape index (κ1) is 57.0. The van der Waals surface area contributed by atoms with E-state index in [4.69, 9.17) is 66.3 Å². The number of ether oxygens (including phenoxy) is 5. The van der Waals surface area contributed by atoms with Gasteiger partial charge < -0.3 is 80.3 Å². The van der Waals surface area contributed by atoms with Crippen LogP contribution in [0.25, 0.3) is 33.5 Å². The molecule has 0 saturated carbocycles. The largest absolute Gasteiger partial charge is 0.479 e. The lowest BCUT2D eigenvalue weighted by molar-refractivity contribution is -0.745. The third-order valence-electron chi connectivity index (χ3n) is 12.6. The number of anilines is 3. The van der Waals surface area contributed by atoms with E-state index in [0.717, 1.165) is 24.3 Å². The zero-order valence-corrected chi connectivity index (χ0v) is 44.3. The van der Waals surface area contributed by atoms with E-state index in [-0.39, 0.29) is 64.2 Å². The number of nitrogens with two attached hydrogens (primary N) is 3. The van der Waals surface area contributed by atoms with Gasteiger partial charge in [0, 0.05) is 26.7 Å². The van der Waals surface area contributed by atoms with Crippen LogP contribution in [-0.2, 0) is 78.4 Å². The number of rotatable bonds is 21. The molecule has 422 valence electrons. The molecule has 42 heteroatoms. The number of H-pyrrole nitrogens is 2. The van der Waals surface area contributed by atoms with E-state index in [1.165, 1.54) is 40.5 Å². The Morgan fingerprint density at radius 1 is 0.753 bits per heavy atom. The highest BCUT2D eigenvalue weighted by Gasteiger charge is 2.58. The summed E-state index contributed by atoms with van der Waals surface area (Å²) in [7, 11) is -12.6. The highest BCUT2D eigenvalue weighted by Crippen LogP contribution is 2.68. The average molecular weight is 1190 g/mol. The number of phosphoric acid groups is 2. The summed E-state index contributed by atoms with van der Waals surface area (Å²) in [5, 5.41) is 33.4. The fourth-order valence-corrected chi connectivity index (χ4v) is 16.0. The van der Waals surface area contributed by atoms with Crippen molar-refractivity contribution in [1.29, 1.82) is 0 Å². The molecule has 9 rings (SSSR count). The zero-order valence-electron chi connectivity index (χ0n) is 39.9. The van der Waals surface area contributed by atoms with Crippen LogP contribution >= 0.6 is 30.0 Å². The molecule has 16 atom stereocenters. The molecule has 0 spiro atoms. The quantitative estimate of drug-likeness (QED) is 0.0249. The summed E-state index contributed by atoms with van der Waals surface area (Å²) in [5.74, 6) is -1.50. The number of aromatic amines is 2. The predicted octanol–water partition coefficient (Wildman–Crippen LogP) is -3.23. The van der Waals surface area contributed by atoms with Crippen LogP contribution in [-0.4, -0.2) is 178 Å². The summed E-state index contributed by atoms with van der Waals surface area (Å²) in [6, 6.07) is 0. The number of fused-ring (bicyclic) bond motifs is 3. The van der Waals surface area contributed by atoms with E-state index in [9.17, 15) is 58.2 Å². The number of hydrogen-bond donors (Lipinski definition) is 12. The van der Waals surface area contributed by atoms with E-state index in [1.807, 2.05) is 0 Å². The topological polar surface area (TPSA) is 525 Å². The molecule has 37 nitrogen and oxygen atoms in total. The predicted molar refractivity (Wildman–Crippen MR) is 259 cm³/mol. The molecule has 6 aromatic rings. The van der Waals surface area contributed by atoms with E-state index in [1.54, 1.807) is 0 Å². The minimum atomic E-state index is -5.77. The van der Waals surface area contributed by atoms with Crippen molar-refractivity contribution >= 4 is 93.0 Å². The Hall–Kier alpha value is -4.69. The van der Waals surface area contributed by atoms with E-state index < -0.39 is 134 Å². The first-order valence-corrected chi connectivity index (χ1v) is 29.6. The molecule has 0 bridgehead atoms. The average Bonchev–Trinajstić information content (AvgIpc) is 4.20. The van der Waals surface area contributed by atoms with Gasteiger partial charge in [0.25, 0.3) is 17.1 Å². The molecular weight excluding hydrogens is 1140 g/mol. The van der Waals surface area contributed by atoms with Gasteiger partial charge in [0.1, 0.15) is 54.1 Å². The minimum Gasteiger partial charge on any atom is -0.387 e. The number of nitrogen functional groups attached to an aromatic ring is 3. The van der Waals surface area contributed by atoms with Crippen LogP contribution in [0.15, 0.2) is 34.9 Å². The van der Waals surface area contributed by atoms with Gasteiger partial charge in [0.05, 0.1) is 45.6 Å². The Balaban J connectivity index is 0.890. The minimum absolute atomic E-state index is 0.0212. The van der Waals surface area contributed by atoms with Crippen molar-refractivity contribution < 1.29 is 99.0 Å². The van der Waals surface area contributed by atoms with Gasteiger partial charge in [-0.05, 0) is 18.2 Å².